The lowest BCUT2D eigenvalue weighted by atomic mass is 10.2. The Balaban J connectivity index is 2.08. The normalized spacial score (nSPS) is 10.2. The Hall–Kier alpha value is -1.57. The zero-order valence-corrected chi connectivity index (χ0v) is 12.8. The largest absolute Gasteiger partial charge is 0.485 e. The van der Waals surface area contributed by atoms with E-state index in [1.165, 1.54) is 0 Å². The standard InChI is InChI=1S/C15H15ClN2OS/c1-2-5-12-14(8-9-17)20-15(18-12)10-19-13-7-4-3-6-11(13)16/h3-4,6-7H,2,5,8,10H2,1H3. The number of para-hydroxylation sites is 1. The van der Waals surface area contributed by atoms with E-state index in [0.29, 0.717) is 23.8 Å². The van der Waals surface area contributed by atoms with E-state index in [-0.39, 0.29) is 0 Å². The number of nitriles is 1. The molecular formula is C15H15ClN2OS. The lowest BCUT2D eigenvalue weighted by molar-refractivity contribution is 0.305. The monoisotopic (exact) mass is 306 g/mol. The van der Waals surface area contributed by atoms with Crippen LogP contribution in [0.5, 0.6) is 5.75 Å². The van der Waals surface area contributed by atoms with E-state index in [1.807, 2.05) is 18.2 Å². The first-order valence-corrected chi connectivity index (χ1v) is 7.65. The highest BCUT2D eigenvalue weighted by Gasteiger charge is 2.11. The summed E-state index contributed by atoms with van der Waals surface area (Å²) in [5.41, 5.74) is 1.02. The second-order valence-corrected chi connectivity index (χ2v) is 5.86. The van der Waals surface area contributed by atoms with Gasteiger partial charge < -0.3 is 4.74 Å². The molecule has 0 N–H and O–H groups in total. The summed E-state index contributed by atoms with van der Waals surface area (Å²) in [6.45, 7) is 2.49. The molecule has 104 valence electrons. The highest BCUT2D eigenvalue weighted by atomic mass is 35.5. The van der Waals surface area contributed by atoms with Crippen molar-refractivity contribution in [3.05, 3.63) is 44.9 Å². The van der Waals surface area contributed by atoms with E-state index in [2.05, 4.69) is 18.0 Å². The number of aromatic nitrogens is 1. The molecule has 0 saturated carbocycles. The van der Waals surface area contributed by atoms with Gasteiger partial charge in [0.1, 0.15) is 17.4 Å². The smallest absolute Gasteiger partial charge is 0.140 e. The highest BCUT2D eigenvalue weighted by Crippen LogP contribution is 2.26. The van der Waals surface area contributed by atoms with Crippen LogP contribution in [-0.2, 0) is 19.4 Å². The van der Waals surface area contributed by atoms with Gasteiger partial charge in [-0.15, -0.1) is 11.3 Å². The molecule has 0 spiro atoms. The average molecular weight is 307 g/mol. The maximum absolute atomic E-state index is 8.85. The van der Waals surface area contributed by atoms with Crippen molar-refractivity contribution in [3.8, 4) is 11.8 Å². The first kappa shape index (κ1) is 14.8. The van der Waals surface area contributed by atoms with Crippen molar-refractivity contribution < 1.29 is 4.74 Å². The number of nitrogens with zero attached hydrogens (tertiary/aromatic N) is 2. The van der Waals surface area contributed by atoms with Crippen LogP contribution in [0.25, 0.3) is 0 Å². The van der Waals surface area contributed by atoms with Crippen LogP contribution in [-0.4, -0.2) is 4.98 Å². The molecule has 1 heterocycles. The van der Waals surface area contributed by atoms with Gasteiger partial charge in [-0.3, -0.25) is 0 Å². The van der Waals surface area contributed by atoms with E-state index in [4.69, 9.17) is 21.6 Å². The minimum Gasteiger partial charge on any atom is -0.485 e. The predicted octanol–water partition coefficient (Wildman–Crippen LogP) is 4.39. The third-order valence-electron chi connectivity index (χ3n) is 2.74. The predicted molar refractivity (Wildman–Crippen MR) is 81.2 cm³/mol. The summed E-state index contributed by atoms with van der Waals surface area (Å²) in [6.07, 6.45) is 2.34. The first-order valence-electron chi connectivity index (χ1n) is 6.46. The molecule has 0 atom stereocenters. The van der Waals surface area contributed by atoms with Crippen molar-refractivity contribution in [2.75, 3.05) is 0 Å². The number of ether oxygens (including phenoxy) is 1. The Bertz CT molecular complexity index is 619. The third kappa shape index (κ3) is 3.72. The molecule has 0 amide bonds. The molecule has 5 heteroatoms. The Morgan fingerprint density at radius 2 is 2.20 bits per heavy atom. The third-order valence-corrected chi connectivity index (χ3v) is 4.12. The summed E-state index contributed by atoms with van der Waals surface area (Å²) < 4.78 is 5.68. The Labute approximate surface area is 127 Å². The summed E-state index contributed by atoms with van der Waals surface area (Å²) in [6, 6.07) is 9.56. The summed E-state index contributed by atoms with van der Waals surface area (Å²) >= 11 is 7.59. The van der Waals surface area contributed by atoms with Crippen LogP contribution >= 0.6 is 22.9 Å². The Morgan fingerprint density at radius 1 is 1.40 bits per heavy atom. The van der Waals surface area contributed by atoms with E-state index >= 15 is 0 Å². The number of benzene rings is 1. The summed E-state index contributed by atoms with van der Waals surface area (Å²) in [7, 11) is 0. The van der Waals surface area contributed by atoms with Gasteiger partial charge in [-0.25, -0.2) is 4.98 Å². The van der Waals surface area contributed by atoms with Gasteiger partial charge in [-0.1, -0.05) is 37.1 Å². The van der Waals surface area contributed by atoms with Crippen LogP contribution in [0.2, 0.25) is 5.02 Å². The molecule has 2 aromatic rings. The van der Waals surface area contributed by atoms with Crippen molar-refractivity contribution in [2.24, 2.45) is 0 Å². The molecule has 0 aliphatic carbocycles. The van der Waals surface area contributed by atoms with Gasteiger partial charge >= 0.3 is 0 Å². The molecule has 1 aromatic heterocycles. The molecule has 0 aliphatic rings. The zero-order valence-electron chi connectivity index (χ0n) is 11.2. The van der Waals surface area contributed by atoms with Crippen molar-refractivity contribution >= 4 is 22.9 Å². The maximum Gasteiger partial charge on any atom is 0.140 e. The topological polar surface area (TPSA) is 45.9 Å². The van der Waals surface area contributed by atoms with Gasteiger partial charge in [-0.05, 0) is 18.6 Å². The second kappa shape index (κ2) is 7.28. The molecule has 1 aromatic carbocycles. The fraction of sp³-hybridized carbons (Fsp3) is 0.333. The number of hydrogen-bond donors (Lipinski definition) is 0. The SMILES string of the molecule is CCCc1nc(COc2ccccc2Cl)sc1CC#N. The van der Waals surface area contributed by atoms with E-state index in [0.717, 1.165) is 28.4 Å². The zero-order chi connectivity index (χ0) is 14.4. The first-order chi connectivity index (χ1) is 9.74. The number of hydrogen-bond acceptors (Lipinski definition) is 4. The maximum atomic E-state index is 8.85. The van der Waals surface area contributed by atoms with Crippen LogP contribution in [0.3, 0.4) is 0 Å². The highest BCUT2D eigenvalue weighted by molar-refractivity contribution is 7.11. The molecule has 2 rings (SSSR count). The van der Waals surface area contributed by atoms with Gasteiger partial charge in [0.25, 0.3) is 0 Å². The molecule has 0 unspecified atom stereocenters. The number of thiazole rings is 1. The fourth-order valence-electron chi connectivity index (χ4n) is 1.84. The minimum absolute atomic E-state index is 0.385. The molecule has 0 bridgehead atoms. The number of aryl methyl sites for hydroxylation is 1. The molecular weight excluding hydrogens is 292 g/mol. The number of rotatable bonds is 6. The number of halogens is 1. The van der Waals surface area contributed by atoms with Crippen LogP contribution in [0.4, 0.5) is 0 Å². The average Bonchev–Trinajstić information content (AvgIpc) is 2.81. The second-order valence-electron chi connectivity index (χ2n) is 4.28. The van der Waals surface area contributed by atoms with Crippen LogP contribution < -0.4 is 4.74 Å². The van der Waals surface area contributed by atoms with Crippen LogP contribution in [0.1, 0.15) is 28.9 Å². The van der Waals surface area contributed by atoms with Gasteiger partial charge in [0.05, 0.1) is 23.2 Å². The quantitative estimate of drug-likeness (QED) is 0.795. The Morgan fingerprint density at radius 3 is 2.90 bits per heavy atom. The van der Waals surface area contributed by atoms with Gasteiger partial charge in [0, 0.05) is 4.88 Å². The lowest BCUT2D eigenvalue weighted by Gasteiger charge is -2.05. The molecule has 0 saturated heterocycles. The minimum atomic E-state index is 0.385. The molecule has 0 radical (unpaired) electrons. The fourth-order valence-corrected chi connectivity index (χ4v) is 2.99. The van der Waals surface area contributed by atoms with Crippen molar-refractivity contribution in [1.29, 1.82) is 5.26 Å². The van der Waals surface area contributed by atoms with Gasteiger partial charge in [0.15, 0.2) is 0 Å². The van der Waals surface area contributed by atoms with E-state index in [9.17, 15) is 0 Å². The van der Waals surface area contributed by atoms with Crippen molar-refractivity contribution in [3.63, 3.8) is 0 Å². The molecule has 0 fully saturated rings. The van der Waals surface area contributed by atoms with E-state index in [1.54, 1.807) is 17.4 Å². The Kier molecular flexibility index (Phi) is 5.40. The summed E-state index contributed by atoms with van der Waals surface area (Å²) in [5.74, 6) is 0.656. The summed E-state index contributed by atoms with van der Waals surface area (Å²) in [5, 5.41) is 10.3. The lowest BCUT2D eigenvalue weighted by Crippen LogP contribution is -1.96. The van der Waals surface area contributed by atoms with Gasteiger partial charge in [-0.2, -0.15) is 5.26 Å². The molecule has 20 heavy (non-hydrogen) atoms. The van der Waals surface area contributed by atoms with Crippen molar-refractivity contribution in [2.45, 2.75) is 32.8 Å². The summed E-state index contributed by atoms with van der Waals surface area (Å²) in [4.78, 5) is 5.61. The van der Waals surface area contributed by atoms with E-state index < -0.39 is 0 Å². The van der Waals surface area contributed by atoms with Gasteiger partial charge in [0.2, 0.25) is 0 Å². The van der Waals surface area contributed by atoms with Crippen LogP contribution in [0.15, 0.2) is 24.3 Å². The van der Waals surface area contributed by atoms with Crippen molar-refractivity contribution in [1.82, 2.24) is 4.98 Å². The molecule has 3 nitrogen and oxygen atoms in total. The van der Waals surface area contributed by atoms with Crippen LogP contribution in [0, 0.1) is 11.3 Å². The molecule has 0 aliphatic heterocycles.